The molecule has 7 heteroatoms. The number of nitrogens with one attached hydrogen (secondary N) is 1. The minimum atomic E-state index is -0.855. The highest BCUT2D eigenvalue weighted by atomic mass is 32.2. The highest BCUT2D eigenvalue weighted by molar-refractivity contribution is 7.99. The van der Waals surface area contributed by atoms with E-state index in [1.54, 1.807) is 23.9 Å². The first-order chi connectivity index (χ1) is 14.0. The Labute approximate surface area is 176 Å². The zero-order valence-corrected chi connectivity index (χ0v) is 18.7. The first-order valence-corrected chi connectivity index (χ1v) is 10.6. The number of aromatic nitrogens is 2. The number of hydrogen-bond donors (Lipinski definition) is 2. The van der Waals surface area contributed by atoms with Gasteiger partial charge in [0.25, 0.3) is 5.89 Å². The van der Waals surface area contributed by atoms with E-state index >= 15 is 0 Å². The summed E-state index contributed by atoms with van der Waals surface area (Å²) in [7, 11) is 0. The van der Waals surface area contributed by atoms with E-state index in [4.69, 9.17) is 9.63 Å². The van der Waals surface area contributed by atoms with Crippen LogP contribution >= 0.6 is 11.8 Å². The highest BCUT2D eigenvalue weighted by Gasteiger charge is 2.07. The molecule has 0 saturated heterocycles. The molecule has 0 saturated carbocycles. The van der Waals surface area contributed by atoms with Crippen LogP contribution in [0.15, 0.2) is 62.7 Å². The van der Waals surface area contributed by atoms with Crippen LogP contribution in [0.25, 0.3) is 11.5 Å². The summed E-state index contributed by atoms with van der Waals surface area (Å²) in [6, 6.07) is 14.6. The van der Waals surface area contributed by atoms with E-state index in [0.29, 0.717) is 11.5 Å². The number of rotatable bonds is 4. The first-order valence-electron chi connectivity index (χ1n) is 9.59. The summed E-state index contributed by atoms with van der Waals surface area (Å²) in [6.07, 6.45) is 0. The van der Waals surface area contributed by atoms with Crippen LogP contribution in [0.4, 0.5) is 0 Å². The average Bonchev–Trinajstić information content (AvgIpc) is 3.19. The maximum atomic E-state index is 10.7. The number of hydrogen-bond acceptors (Lipinski definition) is 5. The molecule has 0 aliphatic carbocycles. The quantitative estimate of drug-likeness (QED) is 0.513. The lowest BCUT2D eigenvalue weighted by atomic mass is 10.1. The molecule has 1 heterocycles. The summed E-state index contributed by atoms with van der Waals surface area (Å²) in [5, 5.41) is 10.9. The van der Waals surface area contributed by atoms with Crippen molar-refractivity contribution in [3.8, 4) is 11.5 Å². The summed E-state index contributed by atoms with van der Waals surface area (Å²) in [5.41, 5.74) is 1.88. The van der Waals surface area contributed by atoms with Gasteiger partial charge in [0.1, 0.15) is 0 Å². The van der Waals surface area contributed by atoms with E-state index in [1.165, 1.54) is 0 Å². The van der Waals surface area contributed by atoms with E-state index in [2.05, 4.69) is 10.1 Å². The lowest BCUT2D eigenvalue weighted by molar-refractivity contribution is 0.0693. The molecule has 0 atom stereocenters. The van der Waals surface area contributed by atoms with Gasteiger partial charge in [0, 0.05) is 10.5 Å². The Morgan fingerprint density at radius 1 is 1.07 bits per heavy atom. The Morgan fingerprint density at radius 3 is 2.14 bits per heavy atom. The molecule has 0 aliphatic heterocycles. The molecule has 2 aromatic carbocycles. The second-order valence-electron chi connectivity index (χ2n) is 5.03. The minimum absolute atomic E-state index is 0.324. The largest absolute Gasteiger partial charge is 0.478 e. The van der Waals surface area contributed by atoms with Gasteiger partial charge in [-0.05, 0) is 36.9 Å². The predicted octanol–water partition coefficient (Wildman–Crippen LogP) is 5.89. The van der Waals surface area contributed by atoms with Gasteiger partial charge in [-0.2, -0.15) is 10.1 Å². The number of carboxylic acids is 1. The van der Waals surface area contributed by atoms with Gasteiger partial charge in [0.15, 0.2) is 0 Å². The number of H-pyrrole nitrogens is 1. The number of aromatic carboxylic acids is 1. The highest BCUT2D eigenvalue weighted by Crippen LogP contribution is 2.21. The van der Waals surface area contributed by atoms with Gasteiger partial charge in [-0.3, -0.25) is 0 Å². The van der Waals surface area contributed by atoms with E-state index in [-0.39, 0.29) is 0 Å². The molecule has 0 amide bonds. The van der Waals surface area contributed by atoms with Crippen molar-refractivity contribution < 1.29 is 14.4 Å². The molecule has 2 N–H and O–H groups in total. The molecular formula is C22H30N2O4S. The molecule has 3 aromatic rings. The van der Waals surface area contributed by atoms with Gasteiger partial charge in [0.05, 0.1) is 5.56 Å². The van der Waals surface area contributed by atoms with E-state index in [9.17, 15) is 9.59 Å². The summed E-state index contributed by atoms with van der Waals surface area (Å²) >= 11 is 1.55. The number of aryl methyl sites for hydroxylation is 1. The zero-order chi connectivity index (χ0) is 22.2. The van der Waals surface area contributed by atoms with Crippen molar-refractivity contribution in [3.63, 3.8) is 0 Å². The molecular weight excluding hydrogens is 388 g/mol. The van der Waals surface area contributed by atoms with Crippen molar-refractivity contribution >= 4 is 17.7 Å². The Balaban J connectivity index is 0.000000463. The number of nitrogens with zero attached hydrogens (tertiary/aromatic N) is 1. The van der Waals surface area contributed by atoms with Gasteiger partial charge in [-0.25, -0.2) is 9.59 Å². The van der Waals surface area contributed by atoms with Crippen LogP contribution in [0, 0.1) is 6.92 Å². The third-order valence-corrected chi connectivity index (χ3v) is 4.11. The standard InChI is InChI=1S/C9H8N2O2.C9H10O2S.2C2H6/c1-6-2-4-7(5-3-6)8-10-9(12)11-13-8;1-2-12-8-6-4-3-5-7(8)9(10)11;2*1-2/h2-5H,1H3,(H,11,12);3-6H,2H2,1H3,(H,10,11);2*1-2H3. The van der Waals surface area contributed by atoms with Crippen LogP contribution in [-0.4, -0.2) is 27.0 Å². The number of benzene rings is 2. The van der Waals surface area contributed by atoms with Crippen molar-refractivity contribution in [2.24, 2.45) is 0 Å². The number of thioether (sulfide) groups is 1. The van der Waals surface area contributed by atoms with Crippen LogP contribution in [0.3, 0.4) is 0 Å². The van der Waals surface area contributed by atoms with E-state index in [1.807, 2.05) is 77.9 Å². The third-order valence-electron chi connectivity index (χ3n) is 3.15. The van der Waals surface area contributed by atoms with Crippen LogP contribution in [0.2, 0.25) is 0 Å². The molecule has 0 fully saturated rings. The fourth-order valence-corrected chi connectivity index (χ4v) is 2.77. The van der Waals surface area contributed by atoms with Crippen molar-refractivity contribution in [3.05, 3.63) is 70.1 Å². The SMILES string of the molecule is CC.CC.CCSc1ccccc1C(=O)O.Cc1ccc(-c2nc(=O)[nH]o2)cc1. The van der Waals surface area contributed by atoms with Crippen molar-refractivity contribution in [2.75, 3.05) is 5.75 Å². The van der Waals surface area contributed by atoms with E-state index < -0.39 is 11.7 Å². The molecule has 29 heavy (non-hydrogen) atoms. The Kier molecular flexibility index (Phi) is 13.7. The smallest absolute Gasteiger partial charge is 0.377 e. The first kappa shape index (κ1) is 26.2. The molecule has 0 spiro atoms. The molecule has 0 radical (unpaired) electrons. The average molecular weight is 419 g/mol. The summed E-state index contributed by atoms with van der Waals surface area (Å²) < 4.78 is 4.84. The maximum absolute atomic E-state index is 10.7. The molecule has 0 unspecified atom stereocenters. The van der Waals surface area contributed by atoms with Gasteiger partial charge in [-0.15, -0.1) is 11.8 Å². The Morgan fingerprint density at radius 2 is 1.66 bits per heavy atom. The second kappa shape index (κ2) is 15.2. The van der Waals surface area contributed by atoms with Gasteiger partial charge >= 0.3 is 11.7 Å². The van der Waals surface area contributed by atoms with Crippen LogP contribution < -0.4 is 5.69 Å². The Bertz CT molecular complexity index is 886. The molecule has 1 aromatic heterocycles. The summed E-state index contributed by atoms with van der Waals surface area (Å²) in [5.74, 6) is 0.362. The van der Waals surface area contributed by atoms with Crippen molar-refractivity contribution in [1.82, 2.24) is 10.1 Å². The van der Waals surface area contributed by atoms with Crippen LogP contribution in [0.5, 0.6) is 0 Å². The second-order valence-corrected chi connectivity index (χ2v) is 6.33. The maximum Gasteiger partial charge on any atom is 0.377 e. The fourth-order valence-electron chi connectivity index (χ4n) is 1.97. The number of carbonyl (C=O) groups is 1. The number of carboxylic acid groups (broad SMARTS) is 1. The zero-order valence-electron chi connectivity index (χ0n) is 17.9. The molecule has 158 valence electrons. The topological polar surface area (TPSA) is 96.2 Å². The fraction of sp³-hybridized carbons (Fsp3) is 0.318. The van der Waals surface area contributed by atoms with Crippen LogP contribution in [0.1, 0.15) is 50.5 Å². The molecule has 0 bridgehead atoms. The Hall–Kier alpha value is -2.80. The number of aromatic amines is 1. The van der Waals surface area contributed by atoms with Crippen molar-refractivity contribution in [2.45, 2.75) is 46.4 Å². The molecule has 6 nitrogen and oxygen atoms in total. The van der Waals surface area contributed by atoms with Gasteiger partial charge in [0.2, 0.25) is 0 Å². The molecule has 3 rings (SSSR count). The van der Waals surface area contributed by atoms with E-state index in [0.717, 1.165) is 21.8 Å². The van der Waals surface area contributed by atoms with Crippen LogP contribution in [-0.2, 0) is 0 Å². The molecule has 0 aliphatic rings. The lowest BCUT2D eigenvalue weighted by Crippen LogP contribution is -1.99. The predicted molar refractivity (Wildman–Crippen MR) is 120 cm³/mol. The minimum Gasteiger partial charge on any atom is -0.478 e. The van der Waals surface area contributed by atoms with Gasteiger partial charge in [-0.1, -0.05) is 64.4 Å². The van der Waals surface area contributed by atoms with Gasteiger partial charge < -0.3 is 9.63 Å². The van der Waals surface area contributed by atoms with Crippen molar-refractivity contribution in [1.29, 1.82) is 0 Å². The summed E-state index contributed by atoms with van der Waals surface area (Å²) in [4.78, 5) is 25.8. The summed E-state index contributed by atoms with van der Waals surface area (Å²) in [6.45, 7) is 12.0. The monoisotopic (exact) mass is 418 g/mol. The third kappa shape index (κ3) is 9.30. The normalized spacial score (nSPS) is 9.03. The lowest BCUT2D eigenvalue weighted by Gasteiger charge is -2.01.